The van der Waals surface area contributed by atoms with Crippen molar-refractivity contribution in [3.05, 3.63) is 36.3 Å². The van der Waals surface area contributed by atoms with Crippen molar-refractivity contribution < 1.29 is 0 Å². The van der Waals surface area contributed by atoms with E-state index in [0.29, 0.717) is 0 Å². The second-order valence-electron chi connectivity index (χ2n) is 4.29. The van der Waals surface area contributed by atoms with Crippen LogP contribution in [0.5, 0.6) is 0 Å². The molecule has 5 nitrogen and oxygen atoms in total. The molecule has 0 aliphatic carbocycles. The Morgan fingerprint density at radius 1 is 1.17 bits per heavy atom. The molecule has 0 aliphatic heterocycles. The molecule has 5 heteroatoms. The molecule has 0 aliphatic rings. The van der Waals surface area contributed by atoms with Crippen LogP contribution in [0.4, 0.5) is 5.69 Å². The number of hydrogen-bond acceptors (Lipinski definition) is 4. The predicted octanol–water partition coefficient (Wildman–Crippen LogP) is 1.92. The molecule has 0 atom stereocenters. The van der Waals surface area contributed by atoms with Crippen molar-refractivity contribution in [2.75, 3.05) is 5.73 Å². The highest BCUT2D eigenvalue weighted by Gasteiger charge is 2.11. The highest BCUT2D eigenvalue weighted by molar-refractivity contribution is 5.82. The van der Waals surface area contributed by atoms with Crippen molar-refractivity contribution in [1.29, 1.82) is 0 Å². The lowest BCUT2D eigenvalue weighted by molar-refractivity contribution is 0.944. The van der Waals surface area contributed by atoms with Crippen LogP contribution in [-0.2, 0) is 7.05 Å². The topological polar surface area (TPSA) is 69.6 Å². The van der Waals surface area contributed by atoms with E-state index in [1.807, 2.05) is 36.7 Å². The molecule has 2 heterocycles. The quantitative estimate of drug-likeness (QED) is 0.659. The van der Waals surface area contributed by atoms with Gasteiger partial charge in [-0.05, 0) is 25.1 Å². The minimum atomic E-state index is 0.729. The fraction of sp³-hybridized carbons (Fsp3) is 0.154. The molecule has 3 rings (SSSR count). The Balaban J connectivity index is 2.23. The number of nitrogen functional groups attached to an aromatic ring is 1. The highest BCUT2D eigenvalue weighted by atomic mass is 15.1. The second-order valence-corrected chi connectivity index (χ2v) is 4.29. The van der Waals surface area contributed by atoms with E-state index in [1.54, 1.807) is 12.4 Å². The van der Waals surface area contributed by atoms with Gasteiger partial charge in [0.2, 0.25) is 0 Å². The number of aromatic nitrogens is 4. The first kappa shape index (κ1) is 10.7. The summed E-state index contributed by atoms with van der Waals surface area (Å²) >= 11 is 0. The van der Waals surface area contributed by atoms with Crippen molar-refractivity contribution in [3.8, 4) is 11.5 Å². The molecular weight excluding hydrogens is 226 g/mol. The van der Waals surface area contributed by atoms with Gasteiger partial charge in [0.1, 0.15) is 5.69 Å². The van der Waals surface area contributed by atoms with Gasteiger partial charge >= 0.3 is 0 Å². The molecule has 2 aromatic heterocycles. The summed E-state index contributed by atoms with van der Waals surface area (Å²) in [5, 5.41) is 0. The lowest BCUT2D eigenvalue weighted by atomic mass is 10.3. The van der Waals surface area contributed by atoms with Gasteiger partial charge in [-0.1, -0.05) is 0 Å². The number of anilines is 1. The third kappa shape index (κ3) is 1.60. The smallest absolute Gasteiger partial charge is 0.161 e. The Kier molecular flexibility index (Phi) is 2.26. The Morgan fingerprint density at radius 3 is 2.72 bits per heavy atom. The number of nitrogens with zero attached hydrogens (tertiary/aromatic N) is 4. The minimum Gasteiger partial charge on any atom is -0.399 e. The summed E-state index contributed by atoms with van der Waals surface area (Å²) in [6.07, 6.45) is 3.48. The van der Waals surface area contributed by atoms with E-state index in [0.717, 1.165) is 33.9 Å². The molecule has 0 saturated heterocycles. The van der Waals surface area contributed by atoms with Crippen LogP contribution in [0.2, 0.25) is 0 Å². The van der Waals surface area contributed by atoms with Crippen molar-refractivity contribution in [1.82, 2.24) is 19.5 Å². The largest absolute Gasteiger partial charge is 0.399 e. The molecule has 0 bridgehead atoms. The zero-order valence-electron chi connectivity index (χ0n) is 10.3. The van der Waals surface area contributed by atoms with Crippen LogP contribution < -0.4 is 5.73 Å². The molecule has 0 radical (unpaired) electrons. The molecule has 0 saturated carbocycles. The van der Waals surface area contributed by atoms with E-state index < -0.39 is 0 Å². The molecule has 1 aromatic carbocycles. The number of hydrogen-bond donors (Lipinski definition) is 1. The van der Waals surface area contributed by atoms with E-state index in [4.69, 9.17) is 5.73 Å². The fourth-order valence-electron chi connectivity index (χ4n) is 1.94. The van der Waals surface area contributed by atoms with Gasteiger partial charge in [0.15, 0.2) is 5.82 Å². The van der Waals surface area contributed by atoms with E-state index in [1.165, 1.54) is 0 Å². The average molecular weight is 239 g/mol. The van der Waals surface area contributed by atoms with Crippen LogP contribution in [-0.4, -0.2) is 19.5 Å². The molecule has 18 heavy (non-hydrogen) atoms. The van der Waals surface area contributed by atoms with Crippen molar-refractivity contribution >= 4 is 16.7 Å². The summed E-state index contributed by atoms with van der Waals surface area (Å²) in [6, 6.07) is 5.67. The Labute approximate surface area is 104 Å². The first-order valence-corrected chi connectivity index (χ1v) is 5.66. The monoisotopic (exact) mass is 239 g/mol. The SMILES string of the molecule is Cc1cnc(-c2nc3ccc(N)cc3n2C)cn1. The van der Waals surface area contributed by atoms with E-state index >= 15 is 0 Å². The van der Waals surface area contributed by atoms with Gasteiger partial charge in [-0.3, -0.25) is 4.98 Å². The Bertz CT molecular complexity index is 712. The van der Waals surface area contributed by atoms with Gasteiger partial charge < -0.3 is 10.3 Å². The molecule has 90 valence electrons. The first-order chi connectivity index (χ1) is 8.65. The van der Waals surface area contributed by atoms with Gasteiger partial charge in [0.25, 0.3) is 0 Å². The molecular formula is C13H13N5. The second kappa shape index (κ2) is 3.80. The summed E-state index contributed by atoms with van der Waals surface area (Å²) in [4.78, 5) is 13.2. The van der Waals surface area contributed by atoms with E-state index in [-0.39, 0.29) is 0 Å². The van der Waals surface area contributed by atoms with Crippen molar-refractivity contribution in [2.24, 2.45) is 7.05 Å². The van der Waals surface area contributed by atoms with Crippen LogP contribution >= 0.6 is 0 Å². The number of imidazole rings is 1. The van der Waals surface area contributed by atoms with Crippen LogP contribution in [0.1, 0.15) is 5.69 Å². The normalized spacial score (nSPS) is 11.0. The van der Waals surface area contributed by atoms with Gasteiger partial charge in [-0.25, -0.2) is 9.97 Å². The summed E-state index contributed by atoms with van der Waals surface area (Å²) in [5.74, 6) is 0.795. The molecule has 2 N–H and O–H groups in total. The number of benzene rings is 1. The summed E-state index contributed by atoms with van der Waals surface area (Å²) in [7, 11) is 1.95. The third-order valence-electron chi connectivity index (χ3n) is 2.91. The van der Waals surface area contributed by atoms with Crippen LogP contribution in [0.3, 0.4) is 0 Å². The highest BCUT2D eigenvalue weighted by Crippen LogP contribution is 2.23. The van der Waals surface area contributed by atoms with Crippen LogP contribution in [0.15, 0.2) is 30.6 Å². The number of rotatable bonds is 1. The summed E-state index contributed by atoms with van der Waals surface area (Å²) in [6.45, 7) is 1.91. The number of fused-ring (bicyclic) bond motifs is 1. The first-order valence-electron chi connectivity index (χ1n) is 5.66. The molecule has 0 unspecified atom stereocenters. The lowest BCUT2D eigenvalue weighted by Gasteiger charge is -2.01. The fourth-order valence-corrected chi connectivity index (χ4v) is 1.94. The molecule has 3 aromatic rings. The third-order valence-corrected chi connectivity index (χ3v) is 2.91. The van der Waals surface area contributed by atoms with Gasteiger partial charge in [0.05, 0.1) is 22.9 Å². The van der Waals surface area contributed by atoms with E-state index in [9.17, 15) is 0 Å². The van der Waals surface area contributed by atoms with Crippen molar-refractivity contribution in [2.45, 2.75) is 6.92 Å². The van der Waals surface area contributed by atoms with Crippen LogP contribution in [0.25, 0.3) is 22.6 Å². The number of nitrogens with two attached hydrogens (primary N) is 1. The predicted molar refractivity (Wildman–Crippen MR) is 70.9 cm³/mol. The summed E-state index contributed by atoms with van der Waals surface area (Å²) in [5.41, 5.74) is 10.1. The molecule has 0 fully saturated rings. The van der Waals surface area contributed by atoms with Gasteiger partial charge in [-0.2, -0.15) is 0 Å². The van der Waals surface area contributed by atoms with Crippen LogP contribution in [0, 0.1) is 6.92 Å². The Morgan fingerprint density at radius 2 is 2.00 bits per heavy atom. The maximum atomic E-state index is 5.79. The lowest BCUT2D eigenvalue weighted by Crippen LogP contribution is -1.96. The van der Waals surface area contributed by atoms with Gasteiger partial charge in [-0.15, -0.1) is 0 Å². The van der Waals surface area contributed by atoms with Gasteiger partial charge in [0, 0.05) is 18.9 Å². The standard InChI is InChI=1S/C13H13N5/c1-8-6-16-11(7-15-8)13-17-10-4-3-9(14)5-12(10)18(13)2/h3-7H,14H2,1-2H3. The average Bonchev–Trinajstić information content (AvgIpc) is 2.68. The molecule has 0 spiro atoms. The zero-order valence-corrected chi connectivity index (χ0v) is 10.3. The number of aryl methyl sites for hydroxylation is 2. The maximum absolute atomic E-state index is 5.79. The summed E-state index contributed by atoms with van der Waals surface area (Å²) < 4.78 is 1.98. The Hall–Kier alpha value is -2.43. The van der Waals surface area contributed by atoms with E-state index in [2.05, 4.69) is 15.0 Å². The minimum absolute atomic E-state index is 0.729. The molecule has 0 amide bonds. The zero-order chi connectivity index (χ0) is 12.7. The maximum Gasteiger partial charge on any atom is 0.161 e. The van der Waals surface area contributed by atoms with Crippen molar-refractivity contribution in [3.63, 3.8) is 0 Å².